The van der Waals surface area contributed by atoms with Crippen LogP contribution in [0, 0.1) is 11.8 Å². The maximum atomic E-state index is 4.43. The molecular formula is C15H21N5. The van der Waals surface area contributed by atoms with Crippen molar-refractivity contribution in [3.8, 4) is 5.82 Å². The first-order valence-corrected chi connectivity index (χ1v) is 7.30. The molecule has 0 saturated heterocycles. The fourth-order valence-corrected chi connectivity index (χ4v) is 2.88. The van der Waals surface area contributed by atoms with E-state index in [1.807, 2.05) is 12.3 Å². The van der Waals surface area contributed by atoms with Crippen LogP contribution in [0.1, 0.15) is 33.1 Å². The van der Waals surface area contributed by atoms with E-state index in [1.54, 1.807) is 11.0 Å². The summed E-state index contributed by atoms with van der Waals surface area (Å²) in [6.45, 7) is 4.67. The summed E-state index contributed by atoms with van der Waals surface area (Å²) < 4.78 is 1.66. The molecule has 0 bridgehead atoms. The van der Waals surface area contributed by atoms with E-state index in [2.05, 4.69) is 40.3 Å². The standard InChI is InChI=1S/C15H21N5/c1-11-3-4-12(2)14(7-11)19-13-5-6-15(17-8-13)20-10-16-9-18-20/h5-6,8-12,14,19H,3-4,7H2,1-2H3. The topological polar surface area (TPSA) is 55.6 Å². The number of nitrogens with zero attached hydrogens (tertiary/aromatic N) is 4. The molecule has 1 fully saturated rings. The van der Waals surface area contributed by atoms with Crippen LogP contribution in [0.5, 0.6) is 0 Å². The maximum Gasteiger partial charge on any atom is 0.155 e. The van der Waals surface area contributed by atoms with Crippen molar-refractivity contribution in [2.45, 2.75) is 39.2 Å². The van der Waals surface area contributed by atoms with Crippen LogP contribution in [0.25, 0.3) is 5.82 Å². The number of pyridine rings is 1. The Morgan fingerprint density at radius 3 is 2.85 bits per heavy atom. The van der Waals surface area contributed by atoms with Gasteiger partial charge in [-0.05, 0) is 36.8 Å². The van der Waals surface area contributed by atoms with Crippen molar-refractivity contribution < 1.29 is 0 Å². The zero-order chi connectivity index (χ0) is 13.9. The first-order chi connectivity index (χ1) is 9.72. The number of hydrogen-bond acceptors (Lipinski definition) is 4. The van der Waals surface area contributed by atoms with Crippen molar-refractivity contribution in [3.05, 3.63) is 31.0 Å². The molecular weight excluding hydrogens is 250 g/mol. The molecule has 5 heteroatoms. The lowest BCUT2D eigenvalue weighted by Crippen LogP contribution is -2.33. The summed E-state index contributed by atoms with van der Waals surface area (Å²) in [6, 6.07) is 4.59. The van der Waals surface area contributed by atoms with Gasteiger partial charge in [0.1, 0.15) is 12.7 Å². The minimum absolute atomic E-state index is 0.553. The molecule has 20 heavy (non-hydrogen) atoms. The Bertz CT molecular complexity index is 534. The van der Waals surface area contributed by atoms with E-state index in [0.717, 1.165) is 23.3 Å². The zero-order valence-electron chi connectivity index (χ0n) is 12.0. The van der Waals surface area contributed by atoms with Crippen molar-refractivity contribution in [3.63, 3.8) is 0 Å². The molecule has 0 spiro atoms. The van der Waals surface area contributed by atoms with E-state index in [1.165, 1.54) is 25.6 Å². The fourth-order valence-electron chi connectivity index (χ4n) is 2.88. The number of nitrogens with one attached hydrogen (secondary N) is 1. The van der Waals surface area contributed by atoms with E-state index in [-0.39, 0.29) is 0 Å². The van der Waals surface area contributed by atoms with Crippen LogP contribution in [0.4, 0.5) is 5.69 Å². The molecule has 0 aromatic carbocycles. The van der Waals surface area contributed by atoms with Gasteiger partial charge in [-0.1, -0.05) is 20.3 Å². The minimum Gasteiger partial charge on any atom is -0.381 e. The quantitative estimate of drug-likeness (QED) is 0.932. The van der Waals surface area contributed by atoms with Crippen LogP contribution in [0.3, 0.4) is 0 Å². The fraction of sp³-hybridized carbons (Fsp3) is 0.533. The zero-order valence-corrected chi connectivity index (χ0v) is 12.0. The maximum absolute atomic E-state index is 4.43. The molecule has 0 radical (unpaired) electrons. The second kappa shape index (κ2) is 5.61. The highest BCUT2D eigenvalue weighted by molar-refractivity contribution is 5.44. The van der Waals surface area contributed by atoms with Gasteiger partial charge in [0, 0.05) is 6.04 Å². The largest absolute Gasteiger partial charge is 0.381 e. The Morgan fingerprint density at radius 1 is 1.25 bits per heavy atom. The van der Waals surface area contributed by atoms with Gasteiger partial charge in [-0.3, -0.25) is 0 Å². The highest BCUT2D eigenvalue weighted by atomic mass is 15.3. The van der Waals surface area contributed by atoms with Crippen molar-refractivity contribution in [1.82, 2.24) is 19.7 Å². The number of rotatable bonds is 3. The number of aromatic nitrogens is 4. The van der Waals surface area contributed by atoms with E-state index < -0.39 is 0 Å². The third-order valence-electron chi connectivity index (χ3n) is 4.21. The Labute approximate surface area is 119 Å². The van der Waals surface area contributed by atoms with Crippen LogP contribution < -0.4 is 5.32 Å². The van der Waals surface area contributed by atoms with E-state index in [0.29, 0.717) is 6.04 Å². The molecule has 0 amide bonds. The molecule has 1 N–H and O–H groups in total. The highest BCUT2D eigenvalue weighted by Gasteiger charge is 2.25. The Kier molecular flexibility index (Phi) is 3.67. The van der Waals surface area contributed by atoms with Crippen molar-refractivity contribution in [2.24, 2.45) is 11.8 Å². The summed E-state index contributed by atoms with van der Waals surface area (Å²) in [5, 5.41) is 7.70. The van der Waals surface area contributed by atoms with Gasteiger partial charge in [0.05, 0.1) is 11.9 Å². The minimum atomic E-state index is 0.553. The average molecular weight is 271 g/mol. The number of hydrogen-bond donors (Lipinski definition) is 1. The lowest BCUT2D eigenvalue weighted by molar-refractivity contribution is 0.280. The Hall–Kier alpha value is -1.91. The van der Waals surface area contributed by atoms with Crippen LogP contribution in [-0.4, -0.2) is 25.8 Å². The Morgan fingerprint density at radius 2 is 2.15 bits per heavy atom. The van der Waals surface area contributed by atoms with Crippen LogP contribution in [-0.2, 0) is 0 Å². The van der Waals surface area contributed by atoms with Gasteiger partial charge in [-0.2, -0.15) is 5.10 Å². The smallest absolute Gasteiger partial charge is 0.155 e. The summed E-state index contributed by atoms with van der Waals surface area (Å²) in [7, 11) is 0. The average Bonchev–Trinajstić information content (AvgIpc) is 2.98. The molecule has 2 aromatic rings. The first-order valence-electron chi connectivity index (χ1n) is 7.30. The second-order valence-corrected chi connectivity index (χ2v) is 5.89. The second-order valence-electron chi connectivity index (χ2n) is 5.89. The van der Waals surface area contributed by atoms with Crippen molar-refractivity contribution in [1.29, 1.82) is 0 Å². The highest BCUT2D eigenvalue weighted by Crippen LogP contribution is 2.30. The summed E-state index contributed by atoms with van der Waals surface area (Å²) >= 11 is 0. The summed E-state index contributed by atoms with van der Waals surface area (Å²) in [5.41, 5.74) is 1.08. The molecule has 3 rings (SSSR count). The normalized spacial score (nSPS) is 26.4. The van der Waals surface area contributed by atoms with Gasteiger partial charge in [-0.15, -0.1) is 0 Å². The van der Waals surface area contributed by atoms with Crippen LogP contribution in [0.15, 0.2) is 31.0 Å². The molecule has 1 aliphatic rings. The molecule has 5 nitrogen and oxygen atoms in total. The molecule has 3 atom stereocenters. The third-order valence-corrected chi connectivity index (χ3v) is 4.21. The lowest BCUT2D eigenvalue weighted by Gasteiger charge is -2.33. The molecule has 1 aliphatic carbocycles. The van der Waals surface area contributed by atoms with Gasteiger partial charge in [0.25, 0.3) is 0 Å². The van der Waals surface area contributed by atoms with Gasteiger partial charge in [0.2, 0.25) is 0 Å². The molecule has 2 aromatic heterocycles. The van der Waals surface area contributed by atoms with Crippen LogP contribution in [0.2, 0.25) is 0 Å². The number of anilines is 1. The predicted octanol–water partition coefficient (Wildman–Crippen LogP) is 2.90. The SMILES string of the molecule is CC1CCC(C)C(Nc2ccc(-n3cncn3)nc2)C1. The molecule has 0 aliphatic heterocycles. The van der Waals surface area contributed by atoms with Crippen molar-refractivity contribution in [2.75, 3.05) is 5.32 Å². The first kappa shape index (κ1) is 13.1. The van der Waals surface area contributed by atoms with Gasteiger partial charge >= 0.3 is 0 Å². The van der Waals surface area contributed by atoms with Gasteiger partial charge in [0.15, 0.2) is 5.82 Å². The molecule has 2 heterocycles. The summed E-state index contributed by atoms with van der Waals surface area (Å²) in [6.07, 6.45) is 8.94. The lowest BCUT2D eigenvalue weighted by atomic mass is 9.80. The van der Waals surface area contributed by atoms with E-state index in [4.69, 9.17) is 0 Å². The van der Waals surface area contributed by atoms with Gasteiger partial charge < -0.3 is 5.32 Å². The Balaban J connectivity index is 1.69. The van der Waals surface area contributed by atoms with Crippen LogP contribution >= 0.6 is 0 Å². The predicted molar refractivity (Wildman–Crippen MR) is 78.7 cm³/mol. The monoisotopic (exact) mass is 271 g/mol. The molecule has 3 unspecified atom stereocenters. The van der Waals surface area contributed by atoms with Crippen molar-refractivity contribution >= 4 is 5.69 Å². The molecule has 1 saturated carbocycles. The molecule has 106 valence electrons. The summed E-state index contributed by atoms with van der Waals surface area (Å²) in [5.74, 6) is 2.32. The van der Waals surface area contributed by atoms with Gasteiger partial charge in [-0.25, -0.2) is 14.6 Å². The van der Waals surface area contributed by atoms with E-state index >= 15 is 0 Å². The summed E-state index contributed by atoms with van der Waals surface area (Å²) in [4.78, 5) is 8.36. The third kappa shape index (κ3) is 2.81. The van der Waals surface area contributed by atoms with E-state index in [9.17, 15) is 0 Å².